The van der Waals surface area contributed by atoms with Crippen molar-refractivity contribution in [1.29, 1.82) is 0 Å². The van der Waals surface area contributed by atoms with E-state index in [-0.39, 0.29) is 56.9 Å². The summed E-state index contributed by atoms with van der Waals surface area (Å²) >= 11 is 0. The van der Waals surface area contributed by atoms with Crippen LogP contribution in [0.5, 0.6) is 5.75 Å². The molecular weight excluding hydrogens is 845 g/mol. The maximum Gasteiger partial charge on any atom is 0.326 e. The quantitative estimate of drug-likeness (QED) is 0.0255. The van der Waals surface area contributed by atoms with Gasteiger partial charge in [0.05, 0.1) is 19.0 Å². The second-order valence-corrected chi connectivity index (χ2v) is 16.1. The van der Waals surface area contributed by atoms with E-state index in [0.29, 0.717) is 29.7 Å². The summed E-state index contributed by atoms with van der Waals surface area (Å²) in [5.41, 5.74) is 18.4. The van der Waals surface area contributed by atoms with Crippen LogP contribution in [0.15, 0.2) is 72.1 Å². The first-order chi connectivity index (χ1) is 31.0. The average molecular weight is 905 g/mol. The molecule has 0 radical (unpaired) electrons. The number of phenols is 1. The van der Waals surface area contributed by atoms with Crippen LogP contribution in [0.1, 0.15) is 56.4 Å². The molecule has 0 saturated carbocycles. The Labute approximate surface area is 375 Å². The number of imidazole rings is 1. The number of aliphatic hydroxyl groups excluding tert-OH is 1. The van der Waals surface area contributed by atoms with Crippen molar-refractivity contribution in [2.24, 2.45) is 28.1 Å². The monoisotopic (exact) mass is 904 g/mol. The SMILES string of the molecule is CC(C)[C@H](NC(=O)[C@@H](N)CCCN=C(N)N)C(=O)N[C@@H](Cc1ccc(O)cc1)C(=O)N[C@@H](CO)C(=O)N[C@@H](Cc1cnc[nH]1)C(=O)N1CCC[C@H]1C(=O)N[C@@H](Cc1ccccc1)C(=O)O. The van der Waals surface area contributed by atoms with Gasteiger partial charge in [-0.15, -0.1) is 0 Å². The van der Waals surface area contributed by atoms with Crippen LogP contribution in [-0.4, -0.2) is 140 Å². The standard InChI is InChI=1S/C43H60N12O10/c1-24(2)35(54-36(58)29(44)10-6-16-48-43(45)46)40(62)50-30(18-26-12-14-28(57)15-13-26)37(59)53-33(22-56)38(60)51-31(20-27-21-47-23-49-27)41(63)55-17-7-11-34(55)39(61)52-32(42(64)65)19-25-8-4-3-5-9-25/h3-5,8-9,12-15,21,23-24,29-35,56-57H,6-7,10-11,16-20,22,44H2,1-2H3,(H,47,49)(H,50,62)(H,51,60)(H,52,61)(H,53,59)(H,54,58)(H,64,65)(H4,45,46,48)/t29-,30-,31-,32-,33-,34-,35-/m0/s1. The predicted octanol–water partition coefficient (Wildman–Crippen LogP) is -2.33. The fourth-order valence-electron chi connectivity index (χ4n) is 7.16. The molecule has 1 aliphatic rings. The number of benzene rings is 2. The molecule has 1 fully saturated rings. The first kappa shape index (κ1) is 50.6. The number of likely N-dealkylation sites (tertiary alicyclic amines) is 1. The maximum absolute atomic E-state index is 14.3. The van der Waals surface area contributed by atoms with Gasteiger partial charge in [0, 0.05) is 44.2 Å². The number of nitrogens with one attached hydrogen (secondary N) is 6. The number of carbonyl (C=O) groups excluding carboxylic acids is 6. The highest BCUT2D eigenvalue weighted by Gasteiger charge is 2.40. The Hall–Kier alpha value is -7.07. The number of carboxylic acids is 1. The molecule has 1 aromatic heterocycles. The number of H-pyrrole nitrogens is 1. The number of carbonyl (C=O) groups is 7. The van der Waals surface area contributed by atoms with Gasteiger partial charge in [0.1, 0.15) is 42.0 Å². The van der Waals surface area contributed by atoms with Crippen molar-refractivity contribution >= 4 is 47.4 Å². The highest BCUT2D eigenvalue weighted by atomic mass is 16.4. The van der Waals surface area contributed by atoms with Gasteiger partial charge in [-0.05, 0) is 54.9 Å². The van der Waals surface area contributed by atoms with Crippen LogP contribution >= 0.6 is 0 Å². The predicted molar refractivity (Wildman–Crippen MR) is 236 cm³/mol. The number of aromatic hydroxyl groups is 1. The summed E-state index contributed by atoms with van der Waals surface area (Å²) in [7, 11) is 0. The van der Waals surface area contributed by atoms with E-state index in [1.165, 1.54) is 41.7 Å². The van der Waals surface area contributed by atoms with Gasteiger partial charge in [0.2, 0.25) is 35.4 Å². The number of hydrogen-bond donors (Lipinski definition) is 12. The summed E-state index contributed by atoms with van der Waals surface area (Å²) in [6.07, 6.45) is 3.71. The van der Waals surface area contributed by atoms with Crippen molar-refractivity contribution in [1.82, 2.24) is 41.5 Å². The molecule has 22 nitrogen and oxygen atoms in total. The van der Waals surface area contributed by atoms with Crippen LogP contribution in [0.2, 0.25) is 0 Å². The molecule has 2 aromatic carbocycles. The molecule has 1 saturated heterocycles. The Bertz CT molecular complexity index is 2100. The average Bonchev–Trinajstić information content (AvgIpc) is 3.99. The van der Waals surface area contributed by atoms with Crippen molar-refractivity contribution in [3.8, 4) is 5.75 Å². The second kappa shape index (κ2) is 24.7. The van der Waals surface area contributed by atoms with Crippen molar-refractivity contribution in [3.05, 3.63) is 83.9 Å². The van der Waals surface area contributed by atoms with E-state index < -0.39 is 96.2 Å². The van der Waals surface area contributed by atoms with E-state index in [1.807, 2.05) is 0 Å². The molecule has 1 aliphatic heterocycles. The maximum atomic E-state index is 14.3. The summed E-state index contributed by atoms with van der Waals surface area (Å²) in [5, 5.41) is 43.1. The highest BCUT2D eigenvalue weighted by molar-refractivity contribution is 5.97. The summed E-state index contributed by atoms with van der Waals surface area (Å²) in [6, 6.07) is 5.57. The van der Waals surface area contributed by atoms with E-state index in [1.54, 1.807) is 44.2 Å². The molecule has 7 atom stereocenters. The number of nitrogens with two attached hydrogens (primary N) is 3. The number of aliphatic imine (C=N–C) groups is 1. The normalized spacial score (nSPS) is 16.2. The summed E-state index contributed by atoms with van der Waals surface area (Å²) < 4.78 is 0. The molecule has 65 heavy (non-hydrogen) atoms. The third kappa shape index (κ3) is 15.6. The van der Waals surface area contributed by atoms with Gasteiger partial charge in [-0.3, -0.25) is 33.8 Å². The van der Waals surface area contributed by atoms with Crippen molar-refractivity contribution in [3.63, 3.8) is 0 Å². The topological polar surface area (TPSA) is 363 Å². The van der Waals surface area contributed by atoms with Crippen LogP contribution in [0.3, 0.4) is 0 Å². The minimum absolute atomic E-state index is 0.00204. The molecule has 3 aromatic rings. The van der Waals surface area contributed by atoms with Crippen LogP contribution in [0.4, 0.5) is 0 Å². The zero-order chi connectivity index (χ0) is 47.6. The summed E-state index contributed by atoms with van der Waals surface area (Å²) in [6.45, 7) is 2.76. The van der Waals surface area contributed by atoms with E-state index in [9.17, 15) is 48.9 Å². The van der Waals surface area contributed by atoms with Gasteiger partial charge in [0.25, 0.3) is 0 Å². The second-order valence-electron chi connectivity index (χ2n) is 16.1. The number of rotatable bonds is 24. The fraction of sp³-hybridized carbons (Fsp3) is 0.465. The lowest BCUT2D eigenvalue weighted by Gasteiger charge is -2.30. The van der Waals surface area contributed by atoms with E-state index >= 15 is 0 Å². The number of nitrogens with zero attached hydrogens (tertiary/aromatic N) is 3. The van der Waals surface area contributed by atoms with Crippen molar-refractivity contribution < 1.29 is 48.9 Å². The number of aliphatic hydroxyl groups is 1. The molecule has 0 bridgehead atoms. The number of aromatic amines is 1. The molecule has 22 heteroatoms. The number of aromatic nitrogens is 2. The van der Waals surface area contributed by atoms with Gasteiger partial charge in [-0.25, -0.2) is 9.78 Å². The fourth-order valence-corrected chi connectivity index (χ4v) is 7.16. The van der Waals surface area contributed by atoms with Gasteiger partial charge >= 0.3 is 5.97 Å². The van der Waals surface area contributed by atoms with E-state index in [0.717, 1.165) is 0 Å². The molecule has 4 rings (SSSR count). The molecule has 0 spiro atoms. The van der Waals surface area contributed by atoms with Crippen LogP contribution < -0.4 is 43.8 Å². The number of guanidine groups is 1. The number of aliphatic carboxylic acids is 1. The zero-order valence-electron chi connectivity index (χ0n) is 36.3. The Kier molecular flexibility index (Phi) is 19.2. The molecule has 2 heterocycles. The summed E-state index contributed by atoms with van der Waals surface area (Å²) in [5.74, 6) is -6.56. The minimum atomic E-state index is -1.66. The Morgan fingerprint density at radius 2 is 1.45 bits per heavy atom. The van der Waals surface area contributed by atoms with Crippen molar-refractivity contribution in [2.45, 2.75) is 101 Å². The van der Waals surface area contributed by atoms with E-state index in [4.69, 9.17) is 17.2 Å². The number of hydrogen-bond acceptors (Lipinski definition) is 12. The zero-order valence-corrected chi connectivity index (χ0v) is 36.3. The number of amides is 6. The molecule has 0 unspecified atom stereocenters. The Morgan fingerprint density at radius 3 is 2.06 bits per heavy atom. The minimum Gasteiger partial charge on any atom is -0.508 e. The van der Waals surface area contributed by atoms with Crippen LogP contribution in [-0.2, 0) is 52.8 Å². The van der Waals surface area contributed by atoms with Gasteiger partial charge < -0.3 is 69.0 Å². The van der Waals surface area contributed by atoms with E-state index in [2.05, 4.69) is 41.5 Å². The Morgan fingerprint density at radius 1 is 0.815 bits per heavy atom. The largest absolute Gasteiger partial charge is 0.508 e. The van der Waals surface area contributed by atoms with Crippen molar-refractivity contribution in [2.75, 3.05) is 19.7 Å². The third-order valence-corrected chi connectivity index (χ3v) is 10.7. The molecule has 0 aliphatic carbocycles. The lowest BCUT2D eigenvalue weighted by atomic mass is 10.00. The van der Waals surface area contributed by atoms with Crippen LogP contribution in [0, 0.1) is 5.92 Å². The first-order valence-electron chi connectivity index (χ1n) is 21.2. The third-order valence-electron chi connectivity index (χ3n) is 10.7. The summed E-state index contributed by atoms with van der Waals surface area (Å²) in [4.78, 5) is 107. The lowest BCUT2D eigenvalue weighted by molar-refractivity contribution is -0.145. The van der Waals surface area contributed by atoms with Gasteiger partial charge in [0.15, 0.2) is 5.96 Å². The highest BCUT2D eigenvalue weighted by Crippen LogP contribution is 2.21. The molecular formula is C43H60N12O10. The molecule has 15 N–H and O–H groups in total. The number of phenolic OH excluding ortho intramolecular Hbond substituents is 1. The molecule has 6 amide bonds. The van der Waals surface area contributed by atoms with Gasteiger partial charge in [-0.2, -0.15) is 0 Å². The van der Waals surface area contributed by atoms with Gasteiger partial charge in [-0.1, -0.05) is 56.3 Å². The lowest BCUT2D eigenvalue weighted by Crippen LogP contribution is -2.61. The Balaban J connectivity index is 1.50. The number of carboxylic acid groups (broad SMARTS) is 1. The van der Waals surface area contributed by atoms with Crippen LogP contribution in [0.25, 0.3) is 0 Å². The molecule has 352 valence electrons. The smallest absolute Gasteiger partial charge is 0.326 e. The first-order valence-corrected chi connectivity index (χ1v) is 21.2.